The fraction of sp³-hybridized carbons (Fsp3) is 0.500. The SMILES string of the molecule is CCNC(=NCc1ccccc1OCC1CC1)NCCc1ncc(C)s1. The third-order valence-corrected chi connectivity index (χ3v) is 5.17. The van der Waals surface area contributed by atoms with Crippen LogP contribution in [-0.4, -0.2) is 30.6 Å². The molecule has 0 aliphatic heterocycles. The van der Waals surface area contributed by atoms with Crippen LogP contribution in [0.2, 0.25) is 0 Å². The number of guanidine groups is 1. The maximum absolute atomic E-state index is 5.98. The van der Waals surface area contributed by atoms with Gasteiger partial charge in [-0.1, -0.05) is 18.2 Å². The molecular weight excluding hydrogens is 344 g/mol. The van der Waals surface area contributed by atoms with Crippen LogP contribution in [-0.2, 0) is 13.0 Å². The smallest absolute Gasteiger partial charge is 0.191 e. The van der Waals surface area contributed by atoms with Gasteiger partial charge in [-0.2, -0.15) is 0 Å². The van der Waals surface area contributed by atoms with Gasteiger partial charge in [-0.05, 0) is 38.7 Å². The minimum absolute atomic E-state index is 0.604. The monoisotopic (exact) mass is 372 g/mol. The molecule has 140 valence electrons. The van der Waals surface area contributed by atoms with Crippen molar-refractivity contribution in [3.8, 4) is 5.75 Å². The maximum Gasteiger partial charge on any atom is 0.191 e. The van der Waals surface area contributed by atoms with Crippen LogP contribution in [0, 0.1) is 12.8 Å². The molecule has 0 spiro atoms. The summed E-state index contributed by atoms with van der Waals surface area (Å²) in [5.41, 5.74) is 1.13. The van der Waals surface area contributed by atoms with Crippen molar-refractivity contribution in [2.24, 2.45) is 10.9 Å². The average Bonchev–Trinajstić information content (AvgIpc) is 3.39. The van der Waals surface area contributed by atoms with Gasteiger partial charge in [0.1, 0.15) is 5.75 Å². The van der Waals surface area contributed by atoms with Crippen LogP contribution in [0.1, 0.15) is 35.2 Å². The van der Waals surface area contributed by atoms with Gasteiger partial charge in [0.15, 0.2) is 5.96 Å². The Bertz CT molecular complexity index is 724. The summed E-state index contributed by atoms with van der Waals surface area (Å²) in [7, 11) is 0. The number of aromatic nitrogens is 1. The van der Waals surface area contributed by atoms with Crippen LogP contribution in [0.4, 0.5) is 0 Å². The number of benzene rings is 1. The first-order valence-corrected chi connectivity index (χ1v) is 10.2. The number of thiazole rings is 1. The second-order valence-corrected chi connectivity index (χ2v) is 7.92. The molecule has 26 heavy (non-hydrogen) atoms. The van der Waals surface area contributed by atoms with Crippen molar-refractivity contribution in [1.29, 1.82) is 0 Å². The molecule has 5 nitrogen and oxygen atoms in total. The summed E-state index contributed by atoms with van der Waals surface area (Å²) < 4.78 is 5.98. The molecular formula is C20H28N4OS. The molecule has 0 atom stereocenters. The Morgan fingerprint density at radius 3 is 2.88 bits per heavy atom. The van der Waals surface area contributed by atoms with Crippen LogP contribution in [0.3, 0.4) is 0 Å². The number of ether oxygens (including phenoxy) is 1. The summed E-state index contributed by atoms with van der Waals surface area (Å²) in [6.45, 7) is 7.25. The first-order chi connectivity index (χ1) is 12.7. The van der Waals surface area contributed by atoms with Gasteiger partial charge in [-0.15, -0.1) is 11.3 Å². The average molecular weight is 373 g/mol. The summed E-state index contributed by atoms with van der Waals surface area (Å²) in [4.78, 5) is 10.4. The molecule has 6 heteroatoms. The van der Waals surface area contributed by atoms with Gasteiger partial charge in [-0.3, -0.25) is 0 Å². The molecule has 1 aliphatic rings. The van der Waals surface area contributed by atoms with E-state index in [0.29, 0.717) is 6.54 Å². The predicted molar refractivity (Wildman–Crippen MR) is 108 cm³/mol. The van der Waals surface area contributed by atoms with Crippen LogP contribution >= 0.6 is 11.3 Å². The van der Waals surface area contributed by atoms with Crippen molar-refractivity contribution in [3.05, 3.63) is 45.9 Å². The van der Waals surface area contributed by atoms with Gasteiger partial charge in [0.25, 0.3) is 0 Å². The van der Waals surface area contributed by atoms with Gasteiger partial charge < -0.3 is 15.4 Å². The van der Waals surface area contributed by atoms with E-state index in [9.17, 15) is 0 Å². The molecule has 1 aromatic heterocycles. The van der Waals surface area contributed by atoms with Crippen LogP contribution in [0.15, 0.2) is 35.5 Å². The lowest BCUT2D eigenvalue weighted by Gasteiger charge is -2.12. The Kier molecular flexibility index (Phi) is 6.89. The molecule has 1 aromatic carbocycles. The van der Waals surface area contributed by atoms with Crippen molar-refractivity contribution >= 4 is 17.3 Å². The zero-order chi connectivity index (χ0) is 18.2. The lowest BCUT2D eigenvalue weighted by molar-refractivity contribution is 0.297. The summed E-state index contributed by atoms with van der Waals surface area (Å²) in [6.07, 6.45) is 5.43. The minimum Gasteiger partial charge on any atom is -0.493 e. The molecule has 1 fully saturated rings. The Labute approximate surface area is 159 Å². The zero-order valence-electron chi connectivity index (χ0n) is 15.6. The number of nitrogens with zero attached hydrogens (tertiary/aromatic N) is 2. The van der Waals surface area contributed by atoms with E-state index in [1.54, 1.807) is 11.3 Å². The van der Waals surface area contributed by atoms with E-state index < -0.39 is 0 Å². The Balaban J connectivity index is 1.54. The number of nitrogens with one attached hydrogen (secondary N) is 2. The maximum atomic E-state index is 5.98. The second kappa shape index (κ2) is 9.57. The summed E-state index contributed by atoms with van der Waals surface area (Å²) in [5, 5.41) is 7.86. The molecule has 2 N–H and O–H groups in total. The van der Waals surface area contributed by atoms with E-state index in [1.807, 2.05) is 24.4 Å². The highest BCUT2D eigenvalue weighted by Gasteiger charge is 2.22. The van der Waals surface area contributed by atoms with Crippen molar-refractivity contribution in [2.75, 3.05) is 19.7 Å². The van der Waals surface area contributed by atoms with E-state index in [-0.39, 0.29) is 0 Å². The normalized spacial score (nSPS) is 14.3. The molecule has 1 saturated carbocycles. The topological polar surface area (TPSA) is 58.5 Å². The fourth-order valence-electron chi connectivity index (χ4n) is 2.58. The lowest BCUT2D eigenvalue weighted by atomic mass is 10.2. The summed E-state index contributed by atoms with van der Waals surface area (Å²) in [6, 6.07) is 8.20. The molecule has 0 saturated heterocycles. The van der Waals surface area contributed by atoms with Gasteiger partial charge >= 0.3 is 0 Å². The molecule has 0 bridgehead atoms. The molecule has 1 heterocycles. The standard InChI is InChI=1S/C20H28N4OS/c1-3-21-20(22-11-10-19-23-12-15(2)26-19)24-13-17-6-4-5-7-18(17)25-14-16-8-9-16/h4-7,12,16H,3,8-11,13-14H2,1-2H3,(H2,21,22,24). The van der Waals surface area contributed by atoms with Crippen LogP contribution in [0.25, 0.3) is 0 Å². The van der Waals surface area contributed by atoms with Crippen molar-refractivity contribution < 1.29 is 4.74 Å². The predicted octanol–water partition coefficient (Wildman–Crippen LogP) is 3.54. The summed E-state index contributed by atoms with van der Waals surface area (Å²) in [5.74, 6) is 2.54. The van der Waals surface area contributed by atoms with Crippen molar-refractivity contribution in [2.45, 2.75) is 39.7 Å². The number of aryl methyl sites for hydroxylation is 1. The van der Waals surface area contributed by atoms with Gasteiger partial charge in [-0.25, -0.2) is 9.98 Å². The largest absolute Gasteiger partial charge is 0.493 e. The van der Waals surface area contributed by atoms with E-state index >= 15 is 0 Å². The Morgan fingerprint density at radius 2 is 2.15 bits per heavy atom. The highest BCUT2D eigenvalue weighted by Crippen LogP contribution is 2.30. The number of rotatable bonds is 9. The number of aliphatic imine (C=N–C) groups is 1. The van der Waals surface area contributed by atoms with E-state index in [4.69, 9.17) is 9.73 Å². The van der Waals surface area contributed by atoms with Crippen molar-refractivity contribution in [3.63, 3.8) is 0 Å². The first kappa shape index (κ1) is 18.7. The third-order valence-electron chi connectivity index (χ3n) is 4.20. The van der Waals surface area contributed by atoms with Crippen LogP contribution < -0.4 is 15.4 Å². The van der Waals surface area contributed by atoms with Gasteiger partial charge in [0, 0.05) is 36.1 Å². The summed E-state index contributed by atoms with van der Waals surface area (Å²) >= 11 is 1.75. The Hall–Kier alpha value is -2.08. The van der Waals surface area contributed by atoms with Crippen molar-refractivity contribution in [1.82, 2.24) is 15.6 Å². The minimum atomic E-state index is 0.604. The first-order valence-electron chi connectivity index (χ1n) is 9.38. The molecule has 3 rings (SSSR count). The molecule has 0 radical (unpaired) electrons. The third kappa shape index (κ3) is 6.02. The lowest BCUT2D eigenvalue weighted by Crippen LogP contribution is -2.38. The van der Waals surface area contributed by atoms with Gasteiger partial charge in [0.2, 0.25) is 0 Å². The quantitative estimate of drug-likeness (QED) is 0.522. The highest BCUT2D eigenvalue weighted by molar-refractivity contribution is 7.11. The van der Waals surface area contributed by atoms with Gasteiger partial charge in [0.05, 0.1) is 18.2 Å². The molecule has 0 amide bonds. The molecule has 0 unspecified atom stereocenters. The number of hydrogen-bond donors (Lipinski definition) is 2. The number of para-hydroxylation sites is 1. The fourth-order valence-corrected chi connectivity index (χ4v) is 3.36. The second-order valence-electron chi connectivity index (χ2n) is 6.60. The van der Waals surface area contributed by atoms with Crippen LogP contribution in [0.5, 0.6) is 5.75 Å². The zero-order valence-corrected chi connectivity index (χ0v) is 16.4. The van der Waals surface area contributed by atoms with E-state index in [0.717, 1.165) is 54.3 Å². The molecule has 2 aromatic rings. The Morgan fingerprint density at radius 1 is 1.31 bits per heavy atom. The highest BCUT2D eigenvalue weighted by atomic mass is 32.1. The number of hydrogen-bond acceptors (Lipinski definition) is 4. The molecule has 1 aliphatic carbocycles. The van der Waals surface area contributed by atoms with E-state index in [1.165, 1.54) is 17.7 Å². The van der Waals surface area contributed by atoms with E-state index in [2.05, 4.69) is 35.5 Å².